The topological polar surface area (TPSA) is 90.5 Å². The number of carbonyl (C=O) groups is 3. The average Bonchev–Trinajstić information content (AvgIpc) is 2.71. The fourth-order valence-electron chi connectivity index (χ4n) is 3.15. The molecule has 0 saturated carbocycles. The quantitative estimate of drug-likeness (QED) is 0.608. The zero-order valence-electron chi connectivity index (χ0n) is 19.1. The third-order valence-electron chi connectivity index (χ3n) is 5.48. The molecule has 0 fully saturated rings. The van der Waals surface area contributed by atoms with Gasteiger partial charge in [0.05, 0.1) is 19.1 Å². The molecule has 1 atom stereocenters. The number of anilines is 2. The van der Waals surface area contributed by atoms with Crippen molar-refractivity contribution in [3.63, 3.8) is 0 Å². The summed E-state index contributed by atoms with van der Waals surface area (Å²) < 4.78 is 0. The van der Waals surface area contributed by atoms with Gasteiger partial charge in [-0.15, -0.1) is 0 Å². The second-order valence-electron chi connectivity index (χ2n) is 7.92. The molecule has 0 spiro atoms. The van der Waals surface area contributed by atoms with E-state index in [0.717, 1.165) is 33.6 Å². The van der Waals surface area contributed by atoms with Crippen molar-refractivity contribution in [3.8, 4) is 0 Å². The number of carbonyl (C=O) groups excluding carboxylic acids is 3. The van der Waals surface area contributed by atoms with Crippen LogP contribution in [-0.2, 0) is 14.4 Å². The monoisotopic (exact) mass is 424 g/mol. The summed E-state index contributed by atoms with van der Waals surface area (Å²) in [6.07, 6.45) is 0. The lowest BCUT2D eigenvalue weighted by molar-refractivity contribution is -0.128. The molecule has 2 rings (SSSR count). The molecule has 2 aromatic carbocycles. The fraction of sp³-hybridized carbons (Fsp3) is 0.375. The Balaban J connectivity index is 1.84. The van der Waals surface area contributed by atoms with Gasteiger partial charge in [0, 0.05) is 11.4 Å². The molecule has 0 bridgehead atoms. The average molecular weight is 425 g/mol. The summed E-state index contributed by atoms with van der Waals surface area (Å²) in [4.78, 5) is 38.7. The van der Waals surface area contributed by atoms with E-state index < -0.39 is 6.04 Å². The molecule has 1 unspecified atom stereocenters. The van der Waals surface area contributed by atoms with Gasteiger partial charge in [-0.2, -0.15) is 0 Å². The van der Waals surface area contributed by atoms with Crippen molar-refractivity contribution in [2.75, 3.05) is 30.8 Å². The largest absolute Gasteiger partial charge is 0.346 e. The van der Waals surface area contributed by atoms with E-state index in [1.807, 2.05) is 64.1 Å². The van der Waals surface area contributed by atoms with Crippen molar-refractivity contribution in [2.45, 2.75) is 40.7 Å². The predicted molar refractivity (Wildman–Crippen MR) is 124 cm³/mol. The van der Waals surface area contributed by atoms with Gasteiger partial charge in [0.2, 0.25) is 17.7 Å². The van der Waals surface area contributed by atoms with Gasteiger partial charge in [-0.25, -0.2) is 0 Å². The molecule has 0 aromatic heterocycles. The van der Waals surface area contributed by atoms with E-state index in [-0.39, 0.29) is 30.8 Å². The van der Waals surface area contributed by atoms with Crippen molar-refractivity contribution in [1.82, 2.24) is 10.2 Å². The van der Waals surface area contributed by atoms with Crippen molar-refractivity contribution in [1.29, 1.82) is 0 Å². The molecule has 0 aliphatic heterocycles. The maximum Gasteiger partial charge on any atom is 0.243 e. The van der Waals surface area contributed by atoms with E-state index in [1.54, 1.807) is 18.9 Å². The van der Waals surface area contributed by atoms with Crippen molar-refractivity contribution in [2.24, 2.45) is 0 Å². The van der Waals surface area contributed by atoms with E-state index in [1.165, 1.54) is 0 Å². The number of benzene rings is 2. The first-order chi connectivity index (χ1) is 14.6. The molecule has 3 amide bonds. The standard InChI is InChI=1S/C24H32N4O3/c1-15-9-8-12-20(18(15)4)26-22(30)14-28(6)19(5)24(31)25-13-21(29)27-23-16(2)10-7-11-17(23)3/h7-12,19H,13-14H2,1-6H3,(H,25,31)(H,26,30)(H,27,29). The molecule has 0 heterocycles. The number of rotatable bonds is 8. The molecule has 7 nitrogen and oxygen atoms in total. The Hall–Kier alpha value is -3.19. The first kappa shape index (κ1) is 24.1. The molecule has 0 aliphatic carbocycles. The van der Waals surface area contributed by atoms with Crippen molar-refractivity contribution >= 4 is 29.1 Å². The maximum absolute atomic E-state index is 12.4. The van der Waals surface area contributed by atoms with E-state index in [4.69, 9.17) is 0 Å². The number of aryl methyl sites for hydroxylation is 3. The van der Waals surface area contributed by atoms with E-state index >= 15 is 0 Å². The van der Waals surface area contributed by atoms with Gasteiger partial charge < -0.3 is 16.0 Å². The van der Waals surface area contributed by atoms with Gasteiger partial charge in [0.1, 0.15) is 0 Å². The number of likely N-dealkylation sites (N-methyl/N-ethyl adjacent to an activating group) is 1. The predicted octanol–water partition coefficient (Wildman–Crippen LogP) is 2.93. The Morgan fingerprint density at radius 1 is 0.871 bits per heavy atom. The molecule has 31 heavy (non-hydrogen) atoms. The van der Waals surface area contributed by atoms with E-state index in [2.05, 4.69) is 16.0 Å². The first-order valence-electron chi connectivity index (χ1n) is 10.3. The van der Waals surface area contributed by atoms with Gasteiger partial charge in [0.25, 0.3) is 0 Å². The highest BCUT2D eigenvalue weighted by Gasteiger charge is 2.21. The van der Waals surface area contributed by atoms with Crippen molar-refractivity contribution < 1.29 is 14.4 Å². The molecular formula is C24H32N4O3. The van der Waals surface area contributed by atoms with Crippen LogP contribution < -0.4 is 16.0 Å². The number of para-hydroxylation sites is 1. The Morgan fingerprint density at radius 2 is 1.45 bits per heavy atom. The lowest BCUT2D eigenvalue weighted by Crippen LogP contribution is -2.47. The minimum Gasteiger partial charge on any atom is -0.346 e. The van der Waals surface area contributed by atoms with Gasteiger partial charge in [-0.1, -0.05) is 30.3 Å². The first-order valence-corrected chi connectivity index (χ1v) is 10.3. The van der Waals surface area contributed by atoms with Gasteiger partial charge >= 0.3 is 0 Å². The SMILES string of the molecule is Cc1cccc(NC(=O)CN(C)C(C)C(=O)NCC(=O)Nc2c(C)cccc2C)c1C. The minimum absolute atomic E-state index is 0.0522. The summed E-state index contributed by atoms with van der Waals surface area (Å²) in [6, 6.07) is 10.9. The lowest BCUT2D eigenvalue weighted by atomic mass is 10.1. The van der Waals surface area contributed by atoms with Crippen LogP contribution in [0.1, 0.15) is 29.2 Å². The number of amides is 3. The normalized spacial score (nSPS) is 11.7. The molecule has 7 heteroatoms. The highest BCUT2D eigenvalue weighted by molar-refractivity contribution is 5.97. The fourth-order valence-corrected chi connectivity index (χ4v) is 3.15. The molecule has 3 N–H and O–H groups in total. The number of nitrogens with zero attached hydrogens (tertiary/aromatic N) is 1. The summed E-state index contributed by atoms with van der Waals surface area (Å²) in [5.41, 5.74) is 5.55. The highest BCUT2D eigenvalue weighted by atomic mass is 16.2. The lowest BCUT2D eigenvalue weighted by Gasteiger charge is -2.23. The van der Waals surface area contributed by atoms with Gasteiger partial charge in [-0.05, 0) is 70.0 Å². The Bertz CT molecular complexity index is 951. The summed E-state index contributed by atoms with van der Waals surface area (Å²) >= 11 is 0. The second kappa shape index (κ2) is 10.7. The molecular weight excluding hydrogens is 392 g/mol. The Kier molecular flexibility index (Phi) is 8.33. The Morgan fingerprint density at radius 3 is 2.10 bits per heavy atom. The van der Waals surface area contributed by atoms with Crippen molar-refractivity contribution in [3.05, 3.63) is 58.7 Å². The number of hydrogen-bond acceptors (Lipinski definition) is 4. The highest BCUT2D eigenvalue weighted by Crippen LogP contribution is 2.19. The minimum atomic E-state index is -0.572. The van der Waals surface area contributed by atoms with Gasteiger partial charge in [0.15, 0.2) is 0 Å². The van der Waals surface area contributed by atoms with Crippen LogP contribution in [0.2, 0.25) is 0 Å². The zero-order valence-corrected chi connectivity index (χ0v) is 19.1. The van der Waals surface area contributed by atoms with E-state index in [0.29, 0.717) is 0 Å². The summed E-state index contributed by atoms with van der Waals surface area (Å²) in [5.74, 6) is -0.824. The number of hydrogen-bond donors (Lipinski definition) is 3. The molecule has 2 aromatic rings. The summed E-state index contributed by atoms with van der Waals surface area (Å²) in [6.45, 7) is 9.39. The van der Waals surface area contributed by atoms with Crippen LogP contribution in [-0.4, -0.2) is 48.8 Å². The van der Waals surface area contributed by atoms with Crippen LogP contribution in [0.4, 0.5) is 11.4 Å². The van der Waals surface area contributed by atoms with Crippen LogP contribution in [0.3, 0.4) is 0 Å². The third kappa shape index (κ3) is 6.65. The zero-order chi connectivity index (χ0) is 23.1. The number of nitrogens with one attached hydrogen (secondary N) is 3. The van der Waals surface area contributed by atoms with Crippen LogP contribution in [0.25, 0.3) is 0 Å². The van der Waals surface area contributed by atoms with Crippen LogP contribution in [0, 0.1) is 27.7 Å². The Labute approximate surface area is 184 Å². The third-order valence-corrected chi connectivity index (χ3v) is 5.48. The molecule has 0 saturated heterocycles. The maximum atomic E-state index is 12.4. The second-order valence-corrected chi connectivity index (χ2v) is 7.92. The van der Waals surface area contributed by atoms with Crippen LogP contribution in [0.15, 0.2) is 36.4 Å². The smallest absolute Gasteiger partial charge is 0.243 e. The van der Waals surface area contributed by atoms with E-state index in [9.17, 15) is 14.4 Å². The van der Waals surface area contributed by atoms with Gasteiger partial charge in [-0.3, -0.25) is 19.3 Å². The molecule has 0 radical (unpaired) electrons. The van der Waals surface area contributed by atoms with Crippen LogP contribution >= 0.6 is 0 Å². The molecule has 0 aliphatic rings. The summed E-state index contributed by atoms with van der Waals surface area (Å²) in [7, 11) is 1.70. The van der Waals surface area contributed by atoms with Crippen LogP contribution in [0.5, 0.6) is 0 Å². The summed E-state index contributed by atoms with van der Waals surface area (Å²) in [5, 5.41) is 8.36. The molecule has 166 valence electrons.